The van der Waals surface area contributed by atoms with Gasteiger partial charge in [0, 0.05) is 19.7 Å². The highest BCUT2D eigenvalue weighted by molar-refractivity contribution is 9.10. The van der Waals surface area contributed by atoms with E-state index in [2.05, 4.69) is 27.3 Å². The van der Waals surface area contributed by atoms with Crippen LogP contribution in [0.2, 0.25) is 0 Å². The molecule has 0 heterocycles. The fraction of sp³-hybridized carbons (Fsp3) is 0.600. The van der Waals surface area contributed by atoms with E-state index < -0.39 is 0 Å². The summed E-state index contributed by atoms with van der Waals surface area (Å²) in [5, 5.41) is 3.49. The molecule has 1 aromatic rings. The third kappa shape index (κ3) is 4.36. The van der Waals surface area contributed by atoms with E-state index in [4.69, 9.17) is 14.2 Å². The van der Waals surface area contributed by atoms with Crippen LogP contribution >= 0.6 is 15.9 Å². The predicted molar refractivity (Wildman–Crippen MR) is 82.5 cm³/mol. The van der Waals surface area contributed by atoms with Gasteiger partial charge in [-0.1, -0.05) is 0 Å². The minimum absolute atomic E-state index is 0.0272. The average molecular weight is 344 g/mol. The molecule has 5 heteroatoms. The van der Waals surface area contributed by atoms with E-state index in [0.29, 0.717) is 12.6 Å². The van der Waals surface area contributed by atoms with Gasteiger partial charge in [-0.3, -0.25) is 0 Å². The number of rotatable bonds is 8. The summed E-state index contributed by atoms with van der Waals surface area (Å²) in [7, 11) is 3.33. The molecule has 1 aromatic carbocycles. The second-order valence-electron chi connectivity index (χ2n) is 5.15. The normalized spacial score (nSPS) is 16.0. The third-order valence-electron chi connectivity index (χ3n) is 3.18. The van der Waals surface area contributed by atoms with Crippen LogP contribution in [0.15, 0.2) is 16.6 Å². The van der Waals surface area contributed by atoms with E-state index in [-0.39, 0.29) is 6.10 Å². The quantitative estimate of drug-likeness (QED) is 0.787. The molecule has 0 bridgehead atoms. The van der Waals surface area contributed by atoms with Crippen molar-refractivity contribution in [2.24, 2.45) is 0 Å². The number of hydrogen-bond donors (Lipinski definition) is 1. The van der Waals surface area contributed by atoms with Crippen LogP contribution in [0.3, 0.4) is 0 Å². The van der Waals surface area contributed by atoms with Crippen molar-refractivity contribution in [1.82, 2.24) is 5.32 Å². The Hall–Kier alpha value is -0.780. The molecule has 1 N–H and O–H groups in total. The van der Waals surface area contributed by atoms with Crippen LogP contribution in [0.4, 0.5) is 0 Å². The smallest absolute Gasteiger partial charge is 0.175 e. The lowest BCUT2D eigenvalue weighted by Gasteiger charge is -2.18. The molecule has 0 aliphatic heterocycles. The van der Waals surface area contributed by atoms with Gasteiger partial charge in [-0.2, -0.15) is 0 Å². The largest absolute Gasteiger partial charge is 0.493 e. The molecule has 1 aliphatic carbocycles. The van der Waals surface area contributed by atoms with Crippen molar-refractivity contribution in [1.29, 1.82) is 0 Å². The van der Waals surface area contributed by atoms with Gasteiger partial charge in [-0.05, 0) is 53.4 Å². The van der Waals surface area contributed by atoms with Gasteiger partial charge in [0.1, 0.15) is 6.10 Å². The van der Waals surface area contributed by atoms with Crippen LogP contribution in [0, 0.1) is 0 Å². The first-order valence-electron chi connectivity index (χ1n) is 6.89. The number of halogens is 1. The Bertz CT molecular complexity index is 449. The van der Waals surface area contributed by atoms with Crippen LogP contribution in [-0.2, 0) is 11.3 Å². The Morgan fingerprint density at radius 1 is 1.35 bits per heavy atom. The molecule has 112 valence electrons. The second-order valence-corrected chi connectivity index (χ2v) is 6.00. The van der Waals surface area contributed by atoms with Crippen molar-refractivity contribution in [3.8, 4) is 11.5 Å². The topological polar surface area (TPSA) is 39.7 Å². The van der Waals surface area contributed by atoms with Crippen molar-refractivity contribution in [3.63, 3.8) is 0 Å². The molecule has 1 saturated carbocycles. The Labute approximate surface area is 128 Å². The van der Waals surface area contributed by atoms with Crippen LogP contribution in [0.5, 0.6) is 11.5 Å². The molecule has 20 heavy (non-hydrogen) atoms. The summed E-state index contributed by atoms with van der Waals surface area (Å²) in [6.45, 7) is 3.37. The Morgan fingerprint density at radius 2 is 2.10 bits per heavy atom. The standard InChI is InChI=1S/C15H22BrNO3/c1-10(9-18-2)20-15-13(16)6-11(7-14(15)19-3)8-17-12-4-5-12/h6-7,10,12,17H,4-5,8-9H2,1-3H3. The number of benzene rings is 1. The fourth-order valence-corrected chi connectivity index (χ4v) is 2.59. The number of hydrogen-bond acceptors (Lipinski definition) is 4. The van der Waals surface area contributed by atoms with E-state index in [1.54, 1.807) is 14.2 Å². The van der Waals surface area contributed by atoms with Gasteiger partial charge in [0.05, 0.1) is 18.2 Å². The maximum atomic E-state index is 5.88. The highest BCUT2D eigenvalue weighted by Gasteiger charge is 2.21. The maximum Gasteiger partial charge on any atom is 0.175 e. The third-order valence-corrected chi connectivity index (χ3v) is 3.77. The molecule has 0 spiro atoms. The Balaban J connectivity index is 2.09. The molecule has 0 saturated heterocycles. The molecule has 0 amide bonds. The molecule has 1 aliphatic rings. The van der Waals surface area contributed by atoms with E-state index >= 15 is 0 Å². The summed E-state index contributed by atoms with van der Waals surface area (Å²) >= 11 is 3.57. The zero-order valence-electron chi connectivity index (χ0n) is 12.2. The molecule has 0 aromatic heterocycles. The minimum Gasteiger partial charge on any atom is -0.493 e. The molecule has 0 radical (unpaired) electrons. The lowest BCUT2D eigenvalue weighted by molar-refractivity contribution is 0.0894. The van der Waals surface area contributed by atoms with Crippen molar-refractivity contribution in [2.45, 2.75) is 38.5 Å². The predicted octanol–water partition coefficient (Wildman–Crippen LogP) is 3.12. The summed E-state index contributed by atoms with van der Waals surface area (Å²) in [5.74, 6) is 1.47. The fourth-order valence-electron chi connectivity index (χ4n) is 2.01. The van der Waals surface area contributed by atoms with Gasteiger partial charge >= 0.3 is 0 Å². The van der Waals surface area contributed by atoms with E-state index in [1.807, 2.05) is 13.0 Å². The van der Waals surface area contributed by atoms with Gasteiger partial charge in [-0.15, -0.1) is 0 Å². The summed E-state index contributed by atoms with van der Waals surface area (Å²) in [6, 6.07) is 4.79. The van der Waals surface area contributed by atoms with Gasteiger partial charge in [-0.25, -0.2) is 0 Å². The maximum absolute atomic E-state index is 5.88. The average Bonchev–Trinajstić information content (AvgIpc) is 3.23. The number of ether oxygens (including phenoxy) is 3. The van der Waals surface area contributed by atoms with E-state index in [0.717, 1.165) is 22.5 Å². The first-order valence-corrected chi connectivity index (χ1v) is 7.68. The SMILES string of the molecule is COCC(C)Oc1c(Br)cc(CNC2CC2)cc1OC. The molecular formula is C15H22BrNO3. The van der Waals surface area contributed by atoms with Gasteiger partial charge in [0.15, 0.2) is 11.5 Å². The Kier molecular flexibility index (Phi) is 5.69. The first-order chi connectivity index (χ1) is 9.63. The summed E-state index contributed by atoms with van der Waals surface area (Å²) in [5.41, 5.74) is 1.19. The van der Waals surface area contributed by atoms with Crippen LogP contribution in [0.1, 0.15) is 25.3 Å². The molecule has 1 unspecified atom stereocenters. The van der Waals surface area contributed by atoms with Crippen LogP contribution < -0.4 is 14.8 Å². The molecule has 1 atom stereocenters. The highest BCUT2D eigenvalue weighted by atomic mass is 79.9. The van der Waals surface area contributed by atoms with Crippen LogP contribution in [-0.4, -0.2) is 33.0 Å². The Morgan fingerprint density at radius 3 is 2.70 bits per heavy atom. The molecule has 4 nitrogen and oxygen atoms in total. The summed E-state index contributed by atoms with van der Waals surface area (Å²) in [6.07, 6.45) is 2.54. The van der Waals surface area contributed by atoms with Crippen molar-refractivity contribution in [2.75, 3.05) is 20.8 Å². The van der Waals surface area contributed by atoms with E-state index in [9.17, 15) is 0 Å². The number of nitrogens with one attached hydrogen (secondary N) is 1. The summed E-state index contributed by atoms with van der Waals surface area (Å²) < 4.78 is 17.3. The molecular weight excluding hydrogens is 322 g/mol. The first kappa shape index (κ1) is 15.6. The van der Waals surface area contributed by atoms with E-state index in [1.165, 1.54) is 18.4 Å². The number of methoxy groups -OCH3 is 2. The van der Waals surface area contributed by atoms with Crippen molar-refractivity contribution in [3.05, 3.63) is 22.2 Å². The monoisotopic (exact) mass is 343 g/mol. The lowest BCUT2D eigenvalue weighted by atomic mass is 10.2. The van der Waals surface area contributed by atoms with Crippen molar-refractivity contribution >= 4 is 15.9 Å². The molecule has 1 fully saturated rings. The zero-order chi connectivity index (χ0) is 14.5. The summed E-state index contributed by atoms with van der Waals surface area (Å²) in [4.78, 5) is 0. The van der Waals surface area contributed by atoms with Gasteiger partial charge < -0.3 is 19.5 Å². The van der Waals surface area contributed by atoms with Crippen molar-refractivity contribution < 1.29 is 14.2 Å². The minimum atomic E-state index is -0.0272. The lowest BCUT2D eigenvalue weighted by Crippen LogP contribution is -2.19. The second kappa shape index (κ2) is 7.29. The molecule has 2 rings (SSSR count). The zero-order valence-corrected chi connectivity index (χ0v) is 13.8. The van der Waals surface area contributed by atoms with Gasteiger partial charge in [0.25, 0.3) is 0 Å². The van der Waals surface area contributed by atoms with Crippen LogP contribution in [0.25, 0.3) is 0 Å². The van der Waals surface area contributed by atoms with Gasteiger partial charge in [0.2, 0.25) is 0 Å². The highest BCUT2D eigenvalue weighted by Crippen LogP contribution is 2.37.